The van der Waals surface area contributed by atoms with Crippen LogP contribution < -0.4 is 5.32 Å². The zero-order chi connectivity index (χ0) is 15.5. The van der Waals surface area contributed by atoms with Crippen molar-refractivity contribution in [1.29, 1.82) is 0 Å². The van der Waals surface area contributed by atoms with E-state index in [1.165, 1.54) is 12.1 Å². The lowest BCUT2D eigenvalue weighted by molar-refractivity contribution is -0.137. The molecule has 1 heterocycles. The molecule has 1 fully saturated rings. The summed E-state index contributed by atoms with van der Waals surface area (Å²) in [5.74, 6) is 0. The number of benzene rings is 1. The minimum Gasteiger partial charge on any atom is -0.382 e. The zero-order valence-corrected chi connectivity index (χ0v) is 12.5. The van der Waals surface area contributed by atoms with Crippen LogP contribution in [0.3, 0.4) is 0 Å². The molecule has 2 nitrogen and oxygen atoms in total. The number of hydrogen-bond acceptors (Lipinski definition) is 2. The molecule has 2 unspecified atom stereocenters. The number of anilines is 1. The van der Waals surface area contributed by atoms with Gasteiger partial charge < -0.3 is 10.1 Å². The van der Waals surface area contributed by atoms with Crippen LogP contribution in [0, 0.1) is 6.92 Å². The fourth-order valence-electron chi connectivity index (χ4n) is 2.71. The SMILES string of the molecule is CCCC1CC(Nc2cc(C(F)(F)F)ccc2C)CCO1. The first-order valence-corrected chi connectivity index (χ1v) is 7.46. The predicted octanol–water partition coefficient (Wildman–Crippen LogP) is 4.77. The second-order valence-electron chi connectivity index (χ2n) is 5.67. The molecule has 1 aliphatic heterocycles. The molecule has 0 saturated carbocycles. The topological polar surface area (TPSA) is 21.3 Å². The Morgan fingerprint density at radius 3 is 2.76 bits per heavy atom. The van der Waals surface area contributed by atoms with E-state index in [-0.39, 0.29) is 12.1 Å². The van der Waals surface area contributed by atoms with Crippen LogP contribution in [0.15, 0.2) is 18.2 Å². The molecule has 0 amide bonds. The zero-order valence-electron chi connectivity index (χ0n) is 12.5. The van der Waals surface area contributed by atoms with Gasteiger partial charge in [-0.05, 0) is 43.9 Å². The molecule has 2 atom stereocenters. The van der Waals surface area contributed by atoms with Gasteiger partial charge in [0.1, 0.15) is 0 Å². The van der Waals surface area contributed by atoms with Gasteiger partial charge in [-0.3, -0.25) is 0 Å². The minimum absolute atomic E-state index is 0.178. The van der Waals surface area contributed by atoms with E-state index >= 15 is 0 Å². The van der Waals surface area contributed by atoms with E-state index in [0.29, 0.717) is 12.3 Å². The summed E-state index contributed by atoms with van der Waals surface area (Å²) in [4.78, 5) is 0. The smallest absolute Gasteiger partial charge is 0.382 e. The largest absolute Gasteiger partial charge is 0.416 e. The number of alkyl halides is 3. The Kier molecular flexibility index (Phi) is 5.14. The molecule has 1 saturated heterocycles. The minimum atomic E-state index is -4.30. The van der Waals surface area contributed by atoms with Crippen LogP contribution in [0.4, 0.5) is 18.9 Å². The molecular weight excluding hydrogens is 279 g/mol. The third kappa shape index (κ3) is 4.37. The first-order valence-electron chi connectivity index (χ1n) is 7.46. The maximum atomic E-state index is 12.8. The van der Waals surface area contributed by atoms with Gasteiger partial charge in [-0.1, -0.05) is 19.4 Å². The molecule has 0 bridgehead atoms. The van der Waals surface area contributed by atoms with Crippen molar-refractivity contribution in [3.05, 3.63) is 29.3 Å². The van der Waals surface area contributed by atoms with Crippen LogP contribution in [0.25, 0.3) is 0 Å². The number of nitrogens with one attached hydrogen (secondary N) is 1. The number of hydrogen-bond donors (Lipinski definition) is 1. The van der Waals surface area contributed by atoms with E-state index in [1.807, 2.05) is 6.92 Å². The van der Waals surface area contributed by atoms with Gasteiger partial charge >= 0.3 is 6.18 Å². The lowest BCUT2D eigenvalue weighted by Gasteiger charge is -2.31. The van der Waals surface area contributed by atoms with E-state index in [2.05, 4.69) is 12.2 Å². The highest BCUT2D eigenvalue weighted by Gasteiger charge is 2.31. The van der Waals surface area contributed by atoms with Gasteiger partial charge in [0.05, 0.1) is 11.7 Å². The molecule has 118 valence electrons. The van der Waals surface area contributed by atoms with E-state index in [9.17, 15) is 13.2 Å². The van der Waals surface area contributed by atoms with Crippen LogP contribution in [-0.4, -0.2) is 18.8 Å². The van der Waals surface area contributed by atoms with Crippen LogP contribution >= 0.6 is 0 Å². The van der Waals surface area contributed by atoms with Crippen LogP contribution in [-0.2, 0) is 10.9 Å². The summed E-state index contributed by atoms with van der Waals surface area (Å²) in [6.07, 6.45) is -0.351. The summed E-state index contributed by atoms with van der Waals surface area (Å²) >= 11 is 0. The standard InChI is InChI=1S/C16H22F3NO/c1-3-4-14-10-13(7-8-21-14)20-15-9-12(16(17,18)19)6-5-11(15)2/h5-6,9,13-14,20H,3-4,7-8,10H2,1-2H3. The van der Waals surface area contributed by atoms with Crippen molar-refractivity contribution in [2.75, 3.05) is 11.9 Å². The fourth-order valence-corrected chi connectivity index (χ4v) is 2.71. The first kappa shape index (κ1) is 16.1. The van der Waals surface area contributed by atoms with Crippen molar-refractivity contribution in [2.45, 2.75) is 57.9 Å². The van der Waals surface area contributed by atoms with Crippen molar-refractivity contribution < 1.29 is 17.9 Å². The molecule has 2 rings (SSSR count). The van der Waals surface area contributed by atoms with Crippen molar-refractivity contribution in [1.82, 2.24) is 0 Å². The predicted molar refractivity (Wildman–Crippen MR) is 77.5 cm³/mol. The maximum Gasteiger partial charge on any atom is 0.416 e. The Morgan fingerprint density at radius 2 is 2.10 bits per heavy atom. The third-order valence-corrected chi connectivity index (χ3v) is 3.90. The van der Waals surface area contributed by atoms with Gasteiger partial charge in [0.2, 0.25) is 0 Å². The van der Waals surface area contributed by atoms with Gasteiger partial charge in [-0.25, -0.2) is 0 Å². The fraction of sp³-hybridized carbons (Fsp3) is 0.625. The van der Waals surface area contributed by atoms with Crippen molar-refractivity contribution in [2.24, 2.45) is 0 Å². The number of ether oxygens (including phenoxy) is 1. The molecule has 5 heteroatoms. The maximum absolute atomic E-state index is 12.8. The Morgan fingerprint density at radius 1 is 1.33 bits per heavy atom. The van der Waals surface area contributed by atoms with Crippen molar-refractivity contribution in [3.63, 3.8) is 0 Å². The van der Waals surface area contributed by atoms with Crippen molar-refractivity contribution >= 4 is 5.69 Å². The average Bonchev–Trinajstić information content (AvgIpc) is 2.41. The molecular formula is C16H22F3NO. The Bertz CT molecular complexity index is 471. The van der Waals surface area contributed by atoms with Gasteiger partial charge in [0, 0.05) is 18.3 Å². The molecule has 1 aromatic carbocycles. The third-order valence-electron chi connectivity index (χ3n) is 3.90. The number of rotatable bonds is 4. The van der Waals surface area contributed by atoms with Gasteiger partial charge in [0.25, 0.3) is 0 Å². The molecule has 1 aromatic rings. The summed E-state index contributed by atoms with van der Waals surface area (Å²) in [6.45, 7) is 4.60. The Balaban J connectivity index is 2.08. The lowest BCUT2D eigenvalue weighted by Crippen LogP contribution is -2.34. The second-order valence-corrected chi connectivity index (χ2v) is 5.67. The summed E-state index contributed by atoms with van der Waals surface area (Å²) in [6, 6.07) is 4.04. The van der Waals surface area contributed by atoms with Crippen LogP contribution in [0.1, 0.15) is 43.7 Å². The molecule has 0 aliphatic carbocycles. The summed E-state index contributed by atoms with van der Waals surface area (Å²) < 4.78 is 44.1. The Hall–Kier alpha value is -1.23. The first-order chi connectivity index (χ1) is 9.90. The molecule has 0 spiro atoms. The van der Waals surface area contributed by atoms with Crippen molar-refractivity contribution in [3.8, 4) is 0 Å². The normalized spacial score (nSPS) is 23.1. The number of aryl methyl sites for hydroxylation is 1. The molecule has 1 aliphatic rings. The second kappa shape index (κ2) is 6.69. The Labute approximate surface area is 123 Å². The van der Waals surface area contributed by atoms with E-state index in [4.69, 9.17) is 4.74 Å². The molecule has 1 N–H and O–H groups in total. The van der Waals surface area contributed by atoms with E-state index in [1.54, 1.807) is 0 Å². The number of halogens is 3. The molecule has 0 radical (unpaired) electrons. The van der Waals surface area contributed by atoms with Gasteiger partial charge in [-0.15, -0.1) is 0 Å². The summed E-state index contributed by atoms with van der Waals surface area (Å²) in [5, 5.41) is 3.27. The van der Waals surface area contributed by atoms with Crippen LogP contribution in [0.2, 0.25) is 0 Å². The summed E-state index contributed by atoms with van der Waals surface area (Å²) in [7, 11) is 0. The highest BCUT2D eigenvalue weighted by Crippen LogP contribution is 2.33. The van der Waals surface area contributed by atoms with Gasteiger partial charge in [-0.2, -0.15) is 13.2 Å². The lowest BCUT2D eigenvalue weighted by atomic mass is 9.99. The monoisotopic (exact) mass is 301 g/mol. The highest BCUT2D eigenvalue weighted by atomic mass is 19.4. The molecule has 0 aromatic heterocycles. The molecule has 21 heavy (non-hydrogen) atoms. The summed E-state index contributed by atoms with van der Waals surface area (Å²) in [5.41, 5.74) is 0.807. The van der Waals surface area contributed by atoms with E-state index in [0.717, 1.165) is 37.3 Å². The highest BCUT2D eigenvalue weighted by molar-refractivity contribution is 5.54. The van der Waals surface area contributed by atoms with Crippen LogP contribution in [0.5, 0.6) is 0 Å². The van der Waals surface area contributed by atoms with E-state index < -0.39 is 11.7 Å². The average molecular weight is 301 g/mol. The van der Waals surface area contributed by atoms with Gasteiger partial charge in [0.15, 0.2) is 0 Å². The quantitative estimate of drug-likeness (QED) is 0.864.